The van der Waals surface area contributed by atoms with Gasteiger partial charge in [0.2, 0.25) is 5.89 Å². The molecule has 1 amide bonds. The second-order valence-corrected chi connectivity index (χ2v) is 5.24. The molecule has 0 radical (unpaired) electrons. The van der Waals surface area contributed by atoms with Crippen LogP contribution in [-0.2, 0) is 4.79 Å². The summed E-state index contributed by atoms with van der Waals surface area (Å²) in [6.45, 7) is 0. The van der Waals surface area contributed by atoms with E-state index in [9.17, 15) is 9.18 Å². The van der Waals surface area contributed by atoms with Crippen LogP contribution in [-0.4, -0.2) is 16.1 Å². The second kappa shape index (κ2) is 6.31. The molecular weight excluding hydrogens is 305 g/mol. The third-order valence-corrected chi connectivity index (χ3v) is 3.53. The van der Waals surface area contributed by atoms with Crippen molar-refractivity contribution in [3.63, 3.8) is 0 Å². The Hall–Kier alpha value is -2.80. The largest absolute Gasteiger partial charge is 0.403 e. The lowest BCUT2D eigenvalue weighted by atomic mass is 10.2. The summed E-state index contributed by atoms with van der Waals surface area (Å²) >= 11 is 1.52. The summed E-state index contributed by atoms with van der Waals surface area (Å²) in [5.74, 6) is -0.518. The van der Waals surface area contributed by atoms with Gasteiger partial charge in [-0.15, -0.1) is 16.4 Å². The van der Waals surface area contributed by atoms with Crippen LogP contribution >= 0.6 is 11.3 Å². The predicted molar refractivity (Wildman–Crippen MR) is 81.7 cm³/mol. The number of nitrogens with zero attached hydrogens (tertiary/aromatic N) is 2. The standard InChI is InChI=1S/C15H10FN3O2S/c16-11-5-3-10(4-6-11)14-18-19-15(21-14)17-13(20)8-7-12-2-1-9-22-12/h1-9H,(H,17,19,20). The number of aromatic nitrogens is 2. The van der Waals surface area contributed by atoms with E-state index < -0.39 is 0 Å². The molecule has 1 N–H and O–H groups in total. The first-order chi connectivity index (χ1) is 10.7. The van der Waals surface area contributed by atoms with Gasteiger partial charge in [0.1, 0.15) is 5.82 Å². The molecule has 0 saturated heterocycles. The van der Waals surface area contributed by atoms with Gasteiger partial charge in [0.05, 0.1) is 0 Å². The molecule has 0 aliphatic carbocycles. The molecule has 0 aliphatic rings. The summed E-state index contributed by atoms with van der Waals surface area (Å²) in [4.78, 5) is 12.7. The molecule has 0 saturated carbocycles. The van der Waals surface area contributed by atoms with Crippen LogP contribution in [0.2, 0.25) is 0 Å². The fourth-order valence-corrected chi connectivity index (χ4v) is 2.29. The Morgan fingerprint density at radius 2 is 2.05 bits per heavy atom. The van der Waals surface area contributed by atoms with Crippen LogP contribution in [0.25, 0.3) is 17.5 Å². The van der Waals surface area contributed by atoms with Crippen molar-refractivity contribution in [1.82, 2.24) is 10.2 Å². The van der Waals surface area contributed by atoms with Crippen LogP contribution in [0.15, 0.2) is 52.3 Å². The minimum Gasteiger partial charge on any atom is -0.403 e. The zero-order valence-electron chi connectivity index (χ0n) is 11.2. The molecule has 3 rings (SSSR count). The SMILES string of the molecule is O=C(C=Cc1cccs1)Nc1nnc(-c2ccc(F)cc2)o1. The van der Waals surface area contributed by atoms with Gasteiger partial charge < -0.3 is 4.42 Å². The molecule has 3 aromatic rings. The average molecular weight is 315 g/mol. The van der Waals surface area contributed by atoms with Crippen molar-refractivity contribution < 1.29 is 13.6 Å². The van der Waals surface area contributed by atoms with E-state index in [1.165, 1.54) is 41.7 Å². The lowest BCUT2D eigenvalue weighted by molar-refractivity contribution is -0.112. The number of hydrogen-bond acceptors (Lipinski definition) is 5. The van der Waals surface area contributed by atoms with Crippen molar-refractivity contribution >= 4 is 29.3 Å². The normalized spacial score (nSPS) is 11.0. The Balaban J connectivity index is 1.66. The van der Waals surface area contributed by atoms with Crippen molar-refractivity contribution in [3.8, 4) is 11.5 Å². The lowest BCUT2D eigenvalue weighted by Crippen LogP contribution is -2.07. The molecule has 1 aromatic carbocycles. The zero-order valence-corrected chi connectivity index (χ0v) is 12.0. The molecule has 0 bridgehead atoms. The highest BCUT2D eigenvalue weighted by Gasteiger charge is 2.10. The third-order valence-electron chi connectivity index (χ3n) is 2.69. The lowest BCUT2D eigenvalue weighted by Gasteiger charge is -1.95. The van der Waals surface area contributed by atoms with Gasteiger partial charge in [0.25, 0.3) is 5.91 Å². The fraction of sp³-hybridized carbons (Fsp3) is 0. The first-order valence-corrected chi connectivity index (χ1v) is 7.21. The van der Waals surface area contributed by atoms with Crippen LogP contribution in [0.5, 0.6) is 0 Å². The van der Waals surface area contributed by atoms with E-state index >= 15 is 0 Å². The molecule has 0 spiro atoms. The zero-order chi connectivity index (χ0) is 15.4. The van der Waals surface area contributed by atoms with Crippen molar-refractivity contribution in [2.75, 3.05) is 5.32 Å². The second-order valence-electron chi connectivity index (χ2n) is 4.26. The van der Waals surface area contributed by atoms with E-state index in [1.807, 2.05) is 17.5 Å². The van der Waals surface area contributed by atoms with Gasteiger partial charge in [0, 0.05) is 16.5 Å². The highest BCUT2D eigenvalue weighted by atomic mass is 32.1. The maximum absolute atomic E-state index is 12.9. The summed E-state index contributed by atoms with van der Waals surface area (Å²) in [7, 11) is 0. The predicted octanol–water partition coefficient (Wildman–Crippen LogP) is 3.59. The first kappa shape index (κ1) is 14.2. The van der Waals surface area contributed by atoms with Gasteiger partial charge in [-0.3, -0.25) is 10.1 Å². The summed E-state index contributed by atoms with van der Waals surface area (Å²) < 4.78 is 18.2. The van der Waals surface area contributed by atoms with Crippen LogP contribution in [0, 0.1) is 5.82 Å². The van der Waals surface area contributed by atoms with Crippen molar-refractivity contribution in [2.24, 2.45) is 0 Å². The van der Waals surface area contributed by atoms with Crippen LogP contribution in [0.4, 0.5) is 10.4 Å². The van der Waals surface area contributed by atoms with E-state index in [1.54, 1.807) is 6.08 Å². The number of thiophene rings is 1. The van der Waals surface area contributed by atoms with E-state index in [0.717, 1.165) is 4.88 Å². The molecule has 2 heterocycles. The van der Waals surface area contributed by atoms with Crippen LogP contribution < -0.4 is 5.32 Å². The van der Waals surface area contributed by atoms with Gasteiger partial charge >= 0.3 is 6.01 Å². The summed E-state index contributed by atoms with van der Waals surface area (Å²) in [5.41, 5.74) is 0.573. The Morgan fingerprint density at radius 3 is 2.77 bits per heavy atom. The third kappa shape index (κ3) is 3.44. The van der Waals surface area contributed by atoms with E-state index in [0.29, 0.717) is 5.56 Å². The number of carbonyl (C=O) groups is 1. The van der Waals surface area contributed by atoms with Crippen molar-refractivity contribution in [1.29, 1.82) is 0 Å². The van der Waals surface area contributed by atoms with E-state index in [-0.39, 0.29) is 23.6 Å². The molecule has 0 unspecified atom stereocenters. The van der Waals surface area contributed by atoms with Crippen molar-refractivity contribution in [3.05, 3.63) is 58.5 Å². The first-order valence-electron chi connectivity index (χ1n) is 6.33. The van der Waals surface area contributed by atoms with E-state index in [2.05, 4.69) is 15.5 Å². The van der Waals surface area contributed by atoms with Crippen LogP contribution in [0.1, 0.15) is 4.88 Å². The highest BCUT2D eigenvalue weighted by Crippen LogP contribution is 2.20. The van der Waals surface area contributed by atoms with Gasteiger partial charge in [-0.05, 0) is 41.8 Å². The fourth-order valence-electron chi connectivity index (χ4n) is 1.67. The Morgan fingerprint density at radius 1 is 1.23 bits per heavy atom. The molecule has 7 heteroatoms. The Labute approximate surface area is 129 Å². The number of nitrogens with one attached hydrogen (secondary N) is 1. The molecule has 110 valence electrons. The summed E-state index contributed by atoms with van der Waals surface area (Å²) in [5, 5.41) is 11.9. The summed E-state index contributed by atoms with van der Waals surface area (Å²) in [6, 6.07) is 9.41. The molecule has 0 fully saturated rings. The Kier molecular flexibility index (Phi) is 4.06. The highest BCUT2D eigenvalue weighted by molar-refractivity contribution is 7.10. The van der Waals surface area contributed by atoms with E-state index in [4.69, 9.17) is 4.42 Å². The minimum atomic E-state index is -0.372. The smallest absolute Gasteiger partial charge is 0.322 e. The quantitative estimate of drug-likeness (QED) is 0.747. The Bertz CT molecular complexity index is 795. The number of benzene rings is 1. The number of carbonyl (C=O) groups excluding carboxylic acids is 1. The number of halogens is 1. The van der Waals surface area contributed by atoms with Gasteiger partial charge in [-0.25, -0.2) is 4.39 Å². The monoisotopic (exact) mass is 315 g/mol. The number of anilines is 1. The average Bonchev–Trinajstić information content (AvgIpc) is 3.17. The molecule has 2 aromatic heterocycles. The maximum Gasteiger partial charge on any atom is 0.322 e. The number of hydrogen-bond donors (Lipinski definition) is 1. The van der Waals surface area contributed by atoms with Gasteiger partial charge in [-0.1, -0.05) is 11.2 Å². The summed E-state index contributed by atoms with van der Waals surface area (Å²) in [6.07, 6.45) is 3.07. The van der Waals surface area contributed by atoms with Gasteiger partial charge in [0.15, 0.2) is 0 Å². The maximum atomic E-state index is 12.9. The molecule has 0 atom stereocenters. The van der Waals surface area contributed by atoms with Gasteiger partial charge in [-0.2, -0.15) is 0 Å². The number of rotatable bonds is 4. The molecule has 0 aliphatic heterocycles. The molecular formula is C15H10FN3O2S. The topological polar surface area (TPSA) is 68.0 Å². The molecule has 5 nitrogen and oxygen atoms in total. The van der Waals surface area contributed by atoms with Crippen molar-refractivity contribution in [2.45, 2.75) is 0 Å². The molecule has 22 heavy (non-hydrogen) atoms. The minimum absolute atomic E-state index is 0.0137. The number of amides is 1. The van der Waals surface area contributed by atoms with Crippen LogP contribution in [0.3, 0.4) is 0 Å².